The van der Waals surface area contributed by atoms with Crippen LogP contribution < -0.4 is 10.9 Å². The third-order valence-corrected chi connectivity index (χ3v) is 5.07. The summed E-state index contributed by atoms with van der Waals surface area (Å²) in [6.07, 6.45) is 0. The first-order chi connectivity index (χ1) is 13.6. The van der Waals surface area contributed by atoms with E-state index in [9.17, 15) is 9.59 Å². The van der Waals surface area contributed by atoms with Crippen LogP contribution in [0.2, 0.25) is 0 Å². The Labute approximate surface area is 171 Å². The normalized spacial score (nSPS) is 10.9. The summed E-state index contributed by atoms with van der Waals surface area (Å²) >= 11 is 4.52. The van der Waals surface area contributed by atoms with Crippen LogP contribution in [0.3, 0.4) is 0 Å². The zero-order valence-electron chi connectivity index (χ0n) is 14.2. The fourth-order valence-corrected chi connectivity index (χ4v) is 3.28. The summed E-state index contributed by atoms with van der Waals surface area (Å²) in [6.45, 7) is 0. The van der Waals surface area contributed by atoms with Gasteiger partial charge in [-0.25, -0.2) is 4.79 Å². The minimum Gasteiger partial charge on any atom is -0.423 e. The lowest BCUT2D eigenvalue weighted by molar-refractivity contribution is -0.113. The molecule has 9 heteroatoms. The number of carbonyl (C=O) groups excluding carboxylic acids is 1. The van der Waals surface area contributed by atoms with Gasteiger partial charge in [-0.15, -0.1) is 10.2 Å². The van der Waals surface area contributed by atoms with E-state index >= 15 is 0 Å². The summed E-state index contributed by atoms with van der Waals surface area (Å²) in [4.78, 5) is 23.4. The SMILES string of the molecule is O=C(CSc1nnc(-c2ccc(Br)cc2)o1)Nc1ccc2oc(=O)ccc2c1. The minimum atomic E-state index is -0.414. The highest BCUT2D eigenvalue weighted by atomic mass is 79.9. The third-order valence-electron chi connectivity index (χ3n) is 3.73. The number of thioether (sulfide) groups is 1. The predicted octanol–water partition coefficient (Wildman–Crippen LogP) is 4.34. The highest BCUT2D eigenvalue weighted by molar-refractivity contribution is 9.10. The molecule has 1 N–H and O–H groups in total. The molecule has 4 rings (SSSR count). The van der Waals surface area contributed by atoms with E-state index in [-0.39, 0.29) is 11.7 Å². The van der Waals surface area contributed by atoms with Gasteiger partial charge in [-0.1, -0.05) is 27.7 Å². The molecule has 4 aromatic rings. The quantitative estimate of drug-likeness (QED) is 0.351. The molecule has 1 amide bonds. The second kappa shape index (κ2) is 7.99. The lowest BCUT2D eigenvalue weighted by Gasteiger charge is -2.05. The van der Waals surface area contributed by atoms with Crippen LogP contribution >= 0.6 is 27.7 Å². The largest absolute Gasteiger partial charge is 0.423 e. The fourth-order valence-electron chi connectivity index (χ4n) is 2.45. The number of benzene rings is 2. The van der Waals surface area contributed by atoms with Gasteiger partial charge in [0.25, 0.3) is 5.22 Å². The van der Waals surface area contributed by atoms with Crippen LogP contribution in [0.1, 0.15) is 0 Å². The molecule has 0 atom stereocenters. The van der Waals surface area contributed by atoms with Crippen molar-refractivity contribution < 1.29 is 13.6 Å². The lowest BCUT2D eigenvalue weighted by Crippen LogP contribution is -2.14. The Hall–Kier alpha value is -2.91. The van der Waals surface area contributed by atoms with Crippen molar-refractivity contribution >= 4 is 50.3 Å². The standard InChI is InChI=1S/C19H12BrN3O4S/c20-13-4-1-11(2-5-13)18-22-23-19(27-18)28-10-16(24)21-14-6-7-15-12(9-14)3-8-17(25)26-15/h1-9H,10H2,(H,21,24). The van der Waals surface area contributed by atoms with Gasteiger partial charge in [0, 0.05) is 27.2 Å². The van der Waals surface area contributed by atoms with Crippen LogP contribution in [0.5, 0.6) is 0 Å². The summed E-state index contributed by atoms with van der Waals surface area (Å²) in [5.74, 6) is 0.292. The molecule has 0 unspecified atom stereocenters. The van der Waals surface area contributed by atoms with Crippen LogP contribution in [-0.2, 0) is 4.79 Å². The van der Waals surface area contributed by atoms with Crippen LogP contribution in [0.4, 0.5) is 5.69 Å². The topological polar surface area (TPSA) is 98.2 Å². The molecule has 0 aliphatic heterocycles. The lowest BCUT2D eigenvalue weighted by atomic mass is 10.2. The number of rotatable bonds is 5. The molecule has 28 heavy (non-hydrogen) atoms. The van der Waals surface area contributed by atoms with Crippen molar-refractivity contribution in [2.24, 2.45) is 0 Å². The first-order valence-electron chi connectivity index (χ1n) is 8.13. The minimum absolute atomic E-state index is 0.115. The van der Waals surface area contributed by atoms with E-state index < -0.39 is 5.63 Å². The van der Waals surface area contributed by atoms with Gasteiger partial charge < -0.3 is 14.2 Å². The summed E-state index contributed by atoms with van der Waals surface area (Å²) in [5.41, 5.74) is 1.46. The van der Waals surface area contributed by atoms with Crippen molar-refractivity contribution in [3.05, 3.63) is 69.5 Å². The summed E-state index contributed by atoms with van der Waals surface area (Å²) in [6, 6.07) is 15.5. The molecule has 0 fully saturated rings. The van der Waals surface area contributed by atoms with Crippen LogP contribution in [-0.4, -0.2) is 21.9 Å². The fraction of sp³-hybridized carbons (Fsp3) is 0.0526. The number of nitrogens with zero attached hydrogens (tertiary/aromatic N) is 2. The van der Waals surface area contributed by atoms with Crippen molar-refractivity contribution in [3.8, 4) is 11.5 Å². The van der Waals surface area contributed by atoms with Gasteiger partial charge in [-0.3, -0.25) is 4.79 Å². The van der Waals surface area contributed by atoms with Crippen molar-refractivity contribution in [1.29, 1.82) is 0 Å². The number of anilines is 1. The van der Waals surface area contributed by atoms with E-state index in [4.69, 9.17) is 8.83 Å². The number of hydrogen-bond donors (Lipinski definition) is 1. The van der Waals surface area contributed by atoms with Gasteiger partial charge in [-0.05, 0) is 48.5 Å². The molecule has 2 heterocycles. The molecule has 2 aromatic carbocycles. The van der Waals surface area contributed by atoms with Gasteiger partial charge in [0.15, 0.2) is 0 Å². The molecule has 2 aromatic heterocycles. The number of carbonyl (C=O) groups is 1. The maximum Gasteiger partial charge on any atom is 0.336 e. The molecule has 0 saturated carbocycles. The average Bonchev–Trinajstić information content (AvgIpc) is 3.16. The van der Waals surface area contributed by atoms with E-state index in [1.54, 1.807) is 24.3 Å². The number of hydrogen-bond acceptors (Lipinski definition) is 7. The maximum absolute atomic E-state index is 12.2. The van der Waals surface area contributed by atoms with Gasteiger partial charge in [0.05, 0.1) is 5.75 Å². The smallest absolute Gasteiger partial charge is 0.336 e. The van der Waals surface area contributed by atoms with E-state index in [2.05, 4.69) is 31.4 Å². The monoisotopic (exact) mass is 457 g/mol. The number of amides is 1. The second-order valence-electron chi connectivity index (χ2n) is 5.72. The van der Waals surface area contributed by atoms with Crippen molar-refractivity contribution in [3.63, 3.8) is 0 Å². The Bertz CT molecular complexity index is 1200. The van der Waals surface area contributed by atoms with E-state index in [0.29, 0.717) is 22.4 Å². The van der Waals surface area contributed by atoms with Crippen LogP contribution in [0, 0.1) is 0 Å². The maximum atomic E-state index is 12.2. The van der Waals surface area contributed by atoms with Gasteiger partial charge >= 0.3 is 5.63 Å². The Kier molecular flexibility index (Phi) is 5.27. The number of fused-ring (bicyclic) bond motifs is 1. The zero-order chi connectivity index (χ0) is 19.5. The Morgan fingerprint density at radius 2 is 1.86 bits per heavy atom. The van der Waals surface area contributed by atoms with E-state index in [1.807, 2.05) is 24.3 Å². The zero-order valence-corrected chi connectivity index (χ0v) is 16.6. The molecule has 7 nitrogen and oxygen atoms in total. The van der Waals surface area contributed by atoms with E-state index in [1.165, 1.54) is 6.07 Å². The number of aromatic nitrogens is 2. The van der Waals surface area contributed by atoms with Gasteiger partial charge in [-0.2, -0.15) is 0 Å². The predicted molar refractivity (Wildman–Crippen MR) is 109 cm³/mol. The molecule has 0 bridgehead atoms. The molecule has 0 spiro atoms. The highest BCUT2D eigenvalue weighted by Crippen LogP contribution is 2.25. The summed E-state index contributed by atoms with van der Waals surface area (Å²) in [5, 5.41) is 11.8. The second-order valence-corrected chi connectivity index (χ2v) is 7.57. The first-order valence-corrected chi connectivity index (χ1v) is 9.91. The average molecular weight is 458 g/mol. The molecule has 0 aliphatic rings. The molecule has 0 radical (unpaired) electrons. The highest BCUT2D eigenvalue weighted by Gasteiger charge is 2.12. The Morgan fingerprint density at radius 1 is 1.04 bits per heavy atom. The van der Waals surface area contributed by atoms with Crippen molar-refractivity contribution in [2.45, 2.75) is 5.22 Å². The summed E-state index contributed by atoms with van der Waals surface area (Å²) < 4.78 is 11.6. The molecule has 0 saturated heterocycles. The molecular weight excluding hydrogens is 446 g/mol. The van der Waals surface area contributed by atoms with Gasteiger partial charge in [0.1, 0.15) is 5.58 Å². The van der Waals surface area contributed by atoms with Crippen LogP contribution in [0.15, 0.2) is 77.9 Å². The Balaban J connectivity index is 1.37. The molecule has 140 valence electrons. The summed E-state index contributed by atoms with van der Waals surface area (Å²) in [7, 11) is 0. The van der Waals surface area contributed by atoms with E-state index in [0.717, 1.165) is 27.2 Å². The number of halogens is 1. The molecule has 0 aliphatic carbocycles. The van der Waals surface area contributed by atoms with Gasteiger partial charge in [0.2, 0.25) is 11.8 Å². The van der Waals surface area contributed by atoms with Crippen molar-refractivity contribution in [1.82, 2.24) is 10.2 Å². The third kappa shape index (κ3) is 4.32. The van der Waals surface area contributed by atoms with Crippen LogP contribution in [0.25, 0.3) is 22.4 Å². The number of nitrogens with one attached hydrogen (secondary N) is 1. The first kappa shape index (κ1) is 18.5. The van der Waals surface area contributed by atoms with Crippen molar-refractivity contribution in [2.75, 3.05) is 11.1 Å². The Morgan fingerprint density at radius 3 is 2.68 bits per heavy atom. The molecular formula is C19H12BrN3O4S.